The number of nitrogens with zero attached hydrogens (tertiary/aromatic N) is 3. The number of carbonyl (C=O) groups excluding carboxylic acids is 2. The van der Waals surface area contributed by atoms with Crippen molar-refractivity contribution in [2.75, 3.05) is 52.5 Å². The first-order valence-corrected chi connectivity index (χ1v) is 16.3. The zero-order chi connectivity index (χ0) is 31.3. The van der Waals surface area contributed by atoms with Crippen LogP contribution in [0.4, 0.5) is 4.79 Å². The van der Waals surface area contributed by atoms with Crippen LogP contribution in [0, 0.1) is 0 Å². The number of halogens is 2. The molecule has 2 amide bonds. The van der Waals surface area contributed by atoms with E-state index < -0.39 is 11.7 Å². The molecule has 44 heavy (non-hydrogen) atoms. The van der Waals surface area contributed by atoms with Gasteiger partial charge in [-0.05, 0) is 81.4 Å². The molecule has 0 aromatic heterocycles. The van der Waals surface area contributed by atoms with Crippen LogP contribution in [0.2, 0.25) is 10.0 Å². The fourth-order valence-electron chi connectivity index (χ4n) is 5.62. The lowest BCUT2D eigenvalue weighted by Gasteiger charge is -2.34. The largest absolute Gasteiger partial charge is 0.494 e. The first-order chi connectivity index (χ1) is 21.1. The van der Waals surface area contributed by atoms with Gasteiger partial charge in [0.05, 0.1) is 36.4 Å². The van der Waals surface area contributed by atoms with Gasteiger partial charge in [0.2, 0.25) is 0 Å². The predicted molar refractivity (Wildman–Crippen MR) is 173 cm³/mol. The van der Waals surface area contributed by atoms with Crippen LogP contribution in [0.25, 0.3) is 5.57 Å². The fraction of sp³-hybridized carbons (Fsp3) is 0.529. The molecule has 2 aromatic rings. The maximum absolute atomic E-state index is 14.4. The second-order valence-electron chi connectivity index (χ2n) is 12.7. The number of hydrogen-bond acceptors (Lipinski definition) is 6. The summed E-state index contributed by atoms with van der Waals surface area (Å²) in [6.07, 6.45) is 2.88. The molecule has 0 unspecified atom stereocenters. The number of morpholine rings is 1. The van der Waals surface area contributed by atoms with E-state index in [2.05, 4.69) is 4.90 Å². The minimum absolute atomic E-state index is 0.0939. The van der Waals surface area contributed by atoms with Gasteiger partial charge < -0.3 is 24.0 Å². The van der Waals surface area contributed by atoms with Crippen molar-refractivity contribution in [1.29, 1.82) is 0 Å². The molecule has 0 radical (unpaired) electrons. The maximum atomic E-state index is 14.4. The molecule has 2 fully saturated rings. The van der Waals surface area contributed by atoms with Gasteiger partial charge in [-0.2, -0.15) is 0 Å². The molecule has 0 bridgehead atoms. The Morgan fingerprint density at radius 3 is 2.52 bits per heavy atom. The van der Waals surface area contributed by atoms with Gasteiger partial charge in [-0.25, -0.2) is 4.79 Å². The highest BCUT2D eigenvalue weighted by Gasteiger charge is 2.38. The van der Waals surface area contributed by atoms with Crippen molar-refractivity contribution in [1.82, 2.24) is 14.7 Å². The molecular formula is C34H43Cl2N3O5. The Hall–Kier alpha value is -2.78. The number of ether oxygens (including phenoxy) is 3. The number of rotatable bonds is 10. The first kappa shape index (κ1) is 32.6. The molecule has 0 N–H and O–H groups in total. The standard InChI is InChI=1S/C34H43Cl2N3O5/c1-34(2,3)44-33(41)38-15-13-28(24-7-4-9-27(21-24)43-18-6-14-37-16-19-42-20-17-37)29(23-38)32(40)39(26-11-12-26)22-25-8-5-10-30(35)31(25)36/h4-5,7-10,21,26H,6,11-20,22-23H2,1-3H3. The second kappa shape index (κ2) is 14.5. The molecule has 1 aliphatic carbocycles. The Kier molecular flexibility index (Phi) is 10.8. The quantitative estimate of drug-likeness (QED) is 0.269. The number of hydrogen-bond donors (Lipinski definition) is 0. The van der Waals surface area contributed by atoms with Crippen LogP contribution < -0.4 is 4.74 Å². The monoisotopic (exact) mass is 643 g/mol. The summed E-state index contributed by atoms with van der Waals surface area (Å²) >= 11 is 12.9. The highest BCUT2D eigenvalue weighted by molar-refractivity contribution is 6.42. The minimum atomic E-state index is -0.637. The van der Waals surface area contributed by atoms with E-state index in [9.17, 15) is 9.59 Å². The predicted octanol–water partition coefficient (Wildman–Crippen LogP) is 6.68. The summed E-state index contributed by atoms with van der Waals surface area (Å²) in [6, 6.07) is 13.6. The van der Waals surface area contributed by atoms with Crippen molar-refractivity contribution in [3.8, 4) is 5.75 Å². The lowest BCUT2D eigenvalue weighted by Crippen LogP contribution is -2.44. The van der Waals surface area contributed by atoms with Gasteiger partial charge in [0.1, 0.15) is 11.4 Å². The van der Waals surface area contributed by atoms with Gasteiger partial charge in [-0.1, -0.05) is 47.5 Å². The average Bonchev–Trinajstić information content (AvgIpc) is 3.85. The van der Waals surface area contributed by atoms with Crippen molar-refractivity contribution in [2.24, 2.45) is 0 Å². The van der Waals surface area contributed by atoms with Crippen LogP contribution in [0.15, 0.2) is 48.0 Å². The Morgan fingerprint density at radius 2 is 1.80 bits per heavy atom. The van der Waals surface area contributed by atoms with Crippen LogP contribution >= 0.6 is 23.2 Å². The third-order valence-electron chi connectivity index (χ3n) is 8.05. The van der Waals surface area contributed by atoms with Gasteiger partial charge in [0, 0.05) is 44.3 Å². The van der Waals surface area contributed by atoms with Crippen molar-refractivity contribution < 1.29 is 23.8 Å². The van der Waals surface area contributed by atoms with E-state index >= 15 is 0 Å². The van der Waals surface area contributed by atoms with Crippen LogP contribution in [0.3, 0.4) is 0 Å². The molecule has 1 saturated carbocycles. The molecule has 0 spiro atoms. The fourth-order valence-corrected chi connectivity index (χ4v) is 6.00. The van der Waals surface area contributed by atoms with Crippen molar-refractivity contribution >= 4 is 40.8 Å². The van der Waals surface area contributed by atoms with Crippen LogP contribution in [0.1, 0.15) is 57.6 Å². The molecule has 0 atom stereocenters. The van der Waals surface area contributed by atoms with Crippen LogP contribution in [-0.4, -0.2) is 90.9 Å². The highest BCUT2D eigenvalue weighted by atomic mass is 35.5. The molecule has 1 saturated heterocycles. The van der Waals surface area contributed by atoms with Crippen LogP contribution in [-0.2, 0) is 20.8 Å². The Labute approximate surface area is 270 Å². The normalized spacial score (nSPS) is 17.9. The summed E-state index contributed by atoms with van der Waals surface area (Å²) in [5.41, 5.74) is 2.61. The Bertz CT molecular complexity index is 1360. The SMILES string of the molecule is CC(C)(C)OC(=O)N1CCC(c2cccc(OCCCN3CCOCC3)c2)=C(C(=O)N(Cc2cccc(Cl)c2Cl)C2CC2)C1. The van der Waals surface area contributed by atoms with Crippen molar-refractivity contribution in [2.45, 2.75) is 64.6 Å². The molecule has 8 nitrogen and oxygen atoms in total. The highest BCUT2D eigenvalue weighted by Crippen LogP contribution is 2.36. The van der Waals surface area contributed by atoms with Gasteiger partial charge in [0.15, 0.2) is 0 Å². The van der Waals surface area contributed by atoms with E-state index in [1.807, 2.05) is 62.1 Å². The lowest BCUT2D eigenvalue weighted by atomic mass is 9.92. The van der Waals surface area contributed by atoms with E-state index in [4.69, 9.17) is 37.4 Å². The number of benzene rings is 2. The minimum Gasteiger partial charge on any atom is -0.494 e. The number of amides is 2. The Balaban J connectivity index is 1.38. The van der Waals surface area contributed by atoms with Gasteiger partial charge in [0.25, 0.3) is 5.91 Å². The zero-order valence-corrected chi connectivity index (χ0v) is 27.5. The van der Waals surface area contributed by atoms with Crippen LogP contribution in [0.5, 0.6) is 5.75 Å². The van der Waals surface area contributed by atoms with E-state index in [0.717, 1.165) is 74.6 Å². The summed E-state index contributed by atoms with van der Waals surface area (Å²) < 4.78 is 17.3. The molecule has 2 heterocycles. The number of carbonyl (C=O) groups is 2. The third kappa shape index (κ3) is 8.68. The summed E-state index contributed by atoms with van der Waals surface area (Å²) in [4.78, 5) is 33.5. The van der Waals surface area contributed by atoms with E-state index in [1.54, 1.807) is 11.0 Å². The van der Waals surface area contributed by atoms with E-state index in [0.29, 0.717) is 41.7 Å². The molecule has 10 heteroatoms. The van der Waals surface area contributed by atoms with E-state index in [-0.39, 0.29) is 18.5 Å². The van der Waals surface area contributed by atoms with Crippen molar-refractivity contribution in [3.05, 3.63) is 69.2 Å². The molecule has 2 aliphatic heterocycles. The summed E-state index contributed by atoms with van der Waals surface area (Å²) in [7, 11) is 0. The van der Waals surface area contributed by atoms with Gasteiger partial charge in [-0.15, -0.1) is 0 Å². The maximum Gasteiger partial charge on any atom is 0.410 e. The summed E-state index contributed by atoms with van der Waals surface area (Å²) in [5.74, 6) is 0.673. The topological polar surface area (TPSA) is 71.5 Å². The summed E-state index contributed by atoms with van der Waals surface area (Å²) in [5, 5.41) is 0.919. The van der Waals surface area contributed by atoms with Gasteiger partial charge >= 0.3 is 6.09 Å². The first-order valence-electron chi connectivity index (χ1n) is 15.6. The molecule has 238 valence electrons. The average molecular weight is 645 g/mol. The third-order valence-corrected chi connectivity index (χ3v) is 8.91. The Morgan fingerprint density at radius 1 is 1.05 bits per heavy atom. The smallest absolute Gasteiger partial charge is 0.410 e. The molecular weight excluding hydrogens is 601 g/mol. The molecule has 2 aromatic carbocycles. The second-order valence-corrected chi connectivity index (χ2v) is 13.5. The van der Waals surface area contributed by atoms with Gasteiger partial charge in [-0.3, -0.25) is 9.69 Å². The van der Waals surface area contributed by atoms with E-state index in [1.165, 1.54) is 0 Å². The lowest BCUT2D eigenvalue weighted by molar-refractivity contribution is -0.128. The molecule has 5 rings (SSSR count). The van der Waals surface area contributed by atoms with Crippen molar-refractivity contribution in [3.63, 3.8) is 0 Å². The molecule has 3 aliphatic rings. The zero-order valence-electron chi connectivity index (χ0n) is 26.0. The summed E-state index contributed by atoms with van der Waals surface area (Å²) in [6.45, 7) is 11.6.